The van der Waals surface area contributed by atoms with Gasteiger partial charge in [0.15, 0.2) is 0 Å². The molecule has 2 unspecified atom stereocenters. The average molecular weight is 344 g/mol. The summed E-state index contributed by atoms with van der Waals surface area (Å²) in [6, 6.07) is 0. The van der Waals surface area contributed by atoms with Gasteiger partial charge < -0.3 is 0 Å². The van der Waals surface area contributed by atoms with Gasteiger partial charge in [0.25, 0.3) is 0 Å². The van der Waals surface area contributed by atoms with Crippen molar-refractivity contribution in [3.8, 4) is 0 Å². The number of rotatable bonds is 8. The van der Waals surface area contributed by atoms with Crippen LogP contribution in [0.5, 0.6) is 0 Å². The van der Waals surface area contributed by atoms with E-state index in [1.807, 2.05) is 6.21 Å². The molecule has 1 nitrogen and oxygen atoms in total. The maximum Gasteiger partial charge on any atom is 0.0524 e. The zero-order valence-corrected chi connectivity index (χ0v) is 17.9. The van der Waals surface area contributed by atoms with Crippen LogP contribution >= 0.6 is 0 Å². The minimum absolute atomic E-state index is 0.0144. The number of aliphatic imine (C=N–C) groups is 1. The van der Waals surface area contributed by atoms with Crippen LogP contribution < -0.4 is 0 Å². The Morgan fingerprint density at radius 3 is 2.52 bits per heavy atom. The molecule has 1 aliphatic rings. The van der Waals surface area contributed by atoms with Crippen molar-refractivity contribution < 1.29 is 0 Å². The summed E-state index contributed by atoms with van der Waals surface area (Å²) in [6.07, 6.45) is 20.3. The van der Waals surface area contributed by atoms with Gasteiger partial charge in [0, 0.05) is 6.21 Å². The lowest BCUT2D eigenvalue weighted by Gasteiger charge is -2.32. The van der Waals surface area contributed by atoms with Gasteiger partial charge in [-0.3, -0.25) is 4.99 Å². The van der Waals surface area contributed by atoms with E-state index in [9.17, 15) is 0 Å². The molecule has 0 N–H and O–H groups in total. The van der Waals surface area contributed by atoms with Crippen LogP contribution in [0, 0.1) is 11.3 Å². The van der Waals surface area contributed by atoms with Crippen LogP contribution in [0.15, 0.2) is 40.4 Å². The van der Waals surface area contributed by atoms with Crippen LogP contribution in [0.3, 0.4) is 0 Å². The van der Waals surface area contributed by atoms with Gasteiger partial charge in [-0.2, -0.15) is 0 Å². The first kappa shape index (κ1) is 21.9. The topological polar surface area (TPSA) is 12.4 Å². The molecule has 0 radical (unpaired) electrons. The van der Waals surface area contributed by atoms with E-state index in [1.165, 1.54) is 56.1 Å². The van der Waals surface area contributed by atoms with Crippen molar-refractivity contribution in [2.45, 2.75) is 99.0 Å². The maximum atomic E-state index is 4.62. The molecule has 0 aromatic heterocycles. The second-order valence-electron chi connectivity index (χ2n) is 8.92. The van der Waals surface area contributed by atoms with Gasteiger partial charge in [-0.05, 0) is 95.3 Å². The van der Waals surface area contributed by atoms with Gasteiger partial charge in [-0.1, -0.05) is 44.9 Å². The minimum Gasteiger partial charge on any atom is -0.287 e. The van der Waals surface area contributed by atoms with Gasteiger partial charge >= 0.3 is 0 Å². The second kappa shape index (κ2) is 10.1. The molecule has 0 heterocycles. The Bertz CT molecular complexity index is 513. The molecular weight excluding hydrogens is 302 g/mol. The van der Waals surface area contributed by atoms with Crippen LogP contribution in [0.1, 0.15) is 93.4 Å². The molecule has 1 heteroatoms. The molecule has 1 aliphatic carbocycles. The van der Waals surface area contributed by atoms with Crippen molar-refractivity contribution in [2.75, 3.05) is 0 Å². The first-order valence-electron chi connectivity index (χ1n) is 10.3. The maximum absolute atomic E-state index is 4.62. The van der Waals surface area contributed by atoms with E-state index in [4.69, 9.17) is 0 Å². The Balaban J connectivity index is 2.82. The predicted octanol–water partition coefficient (Wildman–Crippen LogP) is 7.69. The number of hydrogen-bond donors (Lipinski definition) is 0. The van der Waals surface area contributed by atoms with Gasteiger partial charge in [-0.15, -0.1) is 0 Å². The third-order valence-electron chi connectivity index (χ3n) is 5.65. The van der Waals surface area contributed by atoms with Crippen LogP contribution in [0.2, 0.25) is 0 Å². The summed E-state index contributed by atoms with van der Waals surface area (Å²) in [5, 5.41) is 0. The molecule has 1 fully saturated rings. The fourth-order valence-electron chi connectivity index (χ4n) is 4.27. The highest BCUT2D eigenvalue weighted by Gasteiger charge is 2.37. The summed E-state index contributed by atoms with van der Waals surface area (Å²) in [6.45, 7) is 15.5. The fraction of sp³-hybridized carbons (Fsp3) is 0.708. The van der Waals surface area contributed by atoms with E-state index >= 15 is 0 Å². The monoisotopic (exact) mass is 343 g/mol. The van der Waals surface area contributed by atoms with Crippen molar-refractivity contribution in [3.63, 3.8) is 0 Å². The smallest absolute Gasteiger partial charge is 0.0524 e. The molecule has 142 valence electrons. The lowest BCUT2D eigenvalue weighted by atomic mass is 9.73. The highest BCUT2D eigenvalue weighted by Crippen LogP contribution is 2.49. The van der Waals surface area contributed by atoms with E-state index in [-0.39, 0.29) is 5.54 Å². The molecule has 0 aromatic rings. The zero-order valence-electron chi connectivity index (χ0n) is 17.9. The van der Waals surface area contributed by atoms with Crippen LogP contribution in [0.25, 0.3) is 0 Å². The first-order valence-corrected chi connectivity index (χ1v) is 10.3. The Labute approximate surface area is 157 Å². The molecule has 1 rings (SSSR count). The molecule has 1 saturated carbocycles. The summed E-state index contributed by atoms with van der Waals surface area (Å²) >= 11 is 0. The van der Waals surface area contributed by atoms with Crippen LogP contribution in [-0.4, -0.2) is 11.8 Å². The summed E-state index contributed by atoms with van der Waals surface area (Å²) in [5.41, 5.74) is 3.34. The molecule has 0 spiro atoms. The van der Waals surface area contributed by atoms with Crippen molar-refractivity contribution >= 4 is 6.21 Å². The Morgan fingerprint density at radius 2 is 1.96 bits per heavy atom. The second-order valence-corrected chi connectivity index (χ2v) is 8.92. The van der Waals surface area contributed by atoms with Gasteiger partial charge in [0.2, 0.25) is 0 Å². The van der Waals surface area contributed by atoms with Crippen LogP contribution in [-0.2, 0) is 0 Å². The first-order chi connectivity index (χ1) is 11.8. The third kappa shape index (κ3) is 7.34. The lowest BCUT2D eigenvalue weighted by Crippen LogP contribution is -2.21. The fourth-order valence-corrected chi connectivity index (χ4v) is 4.27. The zero-order chi connectivity index (χ0) is 18.9. The summed E-state index contributed by atoms with van der Waals surface area (Å²) in [7, 11) is 0. The highest BCUT2D eigenvalue weighted by molar-refractivity contribution is 5.75. The largest absolute Gasteiger partial charge is 0.287 e. The quantitative estimate of drug-likeness (QED) is 0.316. The SMILES string of the molecule is C\C=C/C(=C\C=NC(C)(C)C)C(=C/C)/CCC1CCCC1(C)CCC. The average Bonchev–Trinajstić information content (AvgIpc) is 2.87. The molecule has 0 bridgehead atoms. The standard InChI is InChI=1S/C24H41N/c1-8-12-21(16-19-25-23(4,5)6)20(10-3)14-15-22-13-11-18-24(22,7)17-9-2/h8,10,12,16,19,22H,9,11,13-15,17-18H2,1-7H3/b12-8-,20-10+,21-16+,25-19?. The Morgan fingerprint density at radius 1 is 1.24 bits per heavy atom. The van der Waals surface area contributed by atoms with E-state index in [0.717, 1.165) is 5.92 Å². The van der Waals surface area contributed by atoms with Crippen LogP contribution in [0.4, 0.5) is 0 Å². The Kier molecular flexibility index (Phi) is 8.89. The minimum atomic E-state index is -0.0144. The van der Waals surface area contributed by atoms with E-state index in [0.29, 0.717) is 5.41 Å². The van der Waals surface area contributed by atoms with Gasteiger partial charge in [-0.25, -0.2) is 0 Å². The number of allylic oxidation sites excluding steroid dienone is 6. The van der Waals surface area contributed by atoms with E-state index < -0.39 is 0 Å². The summed E-state index contributed by atoms with van der Waals surface area (Å²) in [4.78, 5) is 4.62. The van der Waals surface area contributed by atoms with E-state index in [1.54, 1.807) is 0 Å². The third-order valence-corrected chi connectivity index (χ3v) is 5.65. The molecule has 2 atom stereocenters. The molecular formula is C24H41N. The summed E-state index contributed by atoms with van der Waals surface area (Å²) in [5.74, 6) is 0.887. The highest BCUT2D eigenvalue weighted by atomic mass is 14.8. The Hall–Kier alpha value is -1.11. The summed E-state index contributed by atoms with van der Waals surface area (Å²) < 4.78 is 0. The van der Waals surface area contributed by atoms with E-state index in [2.05, 4.69) is 77.8 Å². The van der Waals surface area contributed by atoms with Gasteiger partial charge in [0.1, 0.15) is 0 Å². The number of nitrogens with zero attached hydrogens (tertiary/aromatic N) is 1. The van der Waals surface area contributed by atoms with Gasteiger partial charge in [0.05, 0.1) is 5.54 Å². The molecule has 25 heavy (non-hydrogen) atoms. The molecule has 0 amide bonds. The van der Waals surface area contributed by atoms with Crippen molar-refractivity contribution in [2.24, 2.45) is 16.3 Å². The molecule has 0 aromatic carbocycles. The van der Waals surface area contributed by atoms with Crippen molar-refractivity contribution in [1.82, 2.24) is 0 Å². The normalized spacial score (nSPS) is 26.3. The molecule has 0 aliphatic heterocycles. The van der Waals surface area contributed by atoms with Crippen molar-refractivity contribution in [3.05, 3.63) is 35.5 Å². The predicted molar refractivity (Wildman–Crippen MR) is 114 cm³/mol. The molecule has 0 saturated heterocycles. The van der Waals surface area contributed by atoms with Crippen molar-refractivity contribution in [1.29, 1.82) is 0 Å². The lowest BCUT2D eigenvalue weighted by molar-refractivity contribution is 0.197. The number of hydrogen-bond acceptors (Lipinski definition) is 1.